The van der Waals surface area contributed by atoms with E-state index in [4.69, 9.17) is 14.7 Å². The van der Waals surface area contributed by atoms with Crippen molar-refractivity contribution < 1.29 is 14.7 Å². The first-order valence-electron chi connectivity index (χ1n) is 4.36. The molecule has 0 saturated carbocycles. The summed E-state index contributed by atoms with van der Waals surface area (Å²) in [5.74, 6) is 0.431. The molecule has 0 fully saturated rings. The number of pyridine rings is 1. The second-order valence-electron chi connectivity index (χ2n) is 2.59. The molecule has 0 amide bonds. The molecule has 14 heavy (non-hydrogen) atoms. The summed E-state index contributed by atoms with van der Waals surface area (Å²) in [6, 6.07) is 2.72. The maximum Gasteiger partial charge on any atom is 0.286 e. The van der Waals surface area contributed by atoms with Gasteiger partial charge in [-0.05, 0) is 6.92 Å². The van der Waals surface area contributed by atoms with Gasteiger partial charge in [-0.25, -0.2) is 0 Å². The third-order valence-corrected chi connectivity index (χ3v) is 1.57. The highest BCUT2D eigenvalue weighted by atomic mass is 16.5. The molecule has 1 rings (SSSR count). The molecule has 0 aliphatic rings. The molecule has 0 radical (unpaired) electrons. The minimum atomic E-state index is -0.515. The molecule has 78 valence electrons. The highest BCUT2D eigenvalue weighted by molar-refractivity contribution is 5.17. The van der Waals surface area contributed by atoms with Crippen LogP contribution in [0.2, 0.25) is 0 Å². The van der Waals surface area contributed by atoms with Gasteiger partial charge in [-0.1, -0.05) is 0 Å². The molecule has 0 spiro atoms. The van der Waals surface area contributed by atoms with Crippen LogP contribution in [0.5, 0.6) is 5.75 Å². The van der Waals surface area contributed by atoms with Crippen molar-refractivity contribution in [3.63, 3.8) is 0 Å². The van der Waals surface area contributed by atoms with Gasteiger partial charge in [0.2, 0.25) is 0 Å². The summed E-state index contributed by atoms with van der Waals surface area (Å²) < 4.78 is 10.7. The lowest BCUT2D eigenvalue weighted by Crippen LogP contribution is -2.16. The van der Waals surface area contributed by atoms with E-state index in [1.807, 2.05) is 6.92 Å². The topological polar surface area (TPSA) is 60.7 Å². The lowest BCUT2D eigenvalue weighted by atomic mass is 10.4. The quantitative estimate of drug-likeness (QED) is 0.554. The molecule has 0 unspecified atom stereocenters. The monoisotopic (exact) mass is 199 g/mol. The van der Waals surface area contributed by atoms with E-state index in [9.17, 15) is 4.79 Å². The fraction of sp³-hybridized carbons (Fsp3) is 0.444. The van der Waals surface area contributed by atoms with Gasteiger partial charge in [-0.15, -0.1) is 0 Å². The summed E-state index contributed by atoms with van der Waals surface area (Å²) in [6.07, 6.45) is 1.23. The van der Waals surface area contributed by atoms with Crippen LogP contribution in [-0.2, 0) is 4.74 Å². The number of ether oxygens (including phenoxy) is 2. The molecular weight excluding hydrogens is 186 g/mol. The second-order valence-corrected chi connectivity index (χ2v) is 2.59. The Bertz CT molecular complexity index is 334. The van der Waals surface area contributed by atoms with Gasteiger partial charge in [0.1, 0.15) is 12.4 Å². The lowest BCUT2D eigenvalue weighted by molar-refractivity contribution is 0.109. The van der Waals surface area contributed by atoms with Crippen molar-refractivity contribution >= 4 is 0 Å². The summed E-state index contributed by atoms with van der Waals surface area (Å²) in [4.78, 5) is 10.9. The van der Waals surface area contributed by atoms with E-state index in [2.05, 4.69) is 0 Å². The summed E-state index contributed by atoms with van der Waals surface area (Å²) in [7, 11) is 0. The van der Waals surface area contributed by atoms with Crippen LogP contribution < -0.4 is 10.3 Å². The van der Waals surface area contributed by atoms with Crippen molar-refractivity contribution in [3.8, 4) is 5.75 Å². The molecule has 0 aromatic carbocycles. The maximum atomic E-state index is 10.9. The minimum absolute atomic E-state index is 0.392. The summed E-state index contributed by atoms with van der Waals surface area (Å²) in [6.45, 7) is 3.41. The van der Waals surface area contributed by atoms with E-state index in [1.54, 1.807) is 0 Å². The molecular formula is C9H13NO4. The number of hydrogen-bond acceptors (Lipinski definition) is 4. The van der Waals surface area contributed by atoms with Crippen molar-refractivity contribution in [2.75, 3.05) is 19.8 Å². The summed E-state index contributed by atoms with van der Waals surface area (Å²) in [5, 5.41) is 8.88. The van der Waals surface area contributed by atoms with Gasteiger partial charge in [0, 0.05) is 18.7 Å². The van der Waals surface area contributed by atoms with E-state index >= 15 is 0 Å². The Morgan fingerprint density at radius 2 is 2.29 bits per heavy atom. The standard InChI is InChI=1S/C9H13NO4/c1-2-13-5-6-14-8-3-4-10(12)9(11)7-8/h3-4,7,12H,2,5-6H2,1H3. The Hall–Kier alpha value is -1.49. The molecule has 0 atom stereocenters. The molecule has 5 heteroatoms. The predicted octanol–water partition coefficient (Wildman–Crippen LogP) is 0.501. The molecule has 0 saturated heterocycles. The maximum absolute atomic E-state index is 10.9. The average molecular weight is 199 g/mol. The van der Waals surface area contributed by atoms with Gasteiger partial charge >= 0.3 is 0 Å². The summed E-state index contributed by atoms with van der Waals surface area (Å²) >= 11 is 0. The molecule has 0 bridgehead atoms. The smallest absolute Gasteiger partial charge is 0.286 e. The Kier molecular flexibility index (Phi) is 4.00. The van der Waals surface area contributed by atoms with Crippen LogP contribution in [0.25, 0.3) is 0 Å². The highest BCUT2D eigenvalue weighted by Crippen LogP contribution is 2.04. The molecule has 0 aliphatic heterocycles. The number of rotatable bonds is 5. The van der Waals surface area contributed by atoms with E-state index in [-0.39, 0.29) is 0 Å². The van der Waals surface area contributed by atoms with Gasteiger partial charge in [0.15, 0.2) is 0 Å². The van der Waals surface area contributed by atoms with Crippen LogP contribution in [0.4, 0.5) is 0 Å². The molecule has 1 N–H and O–H groups in total. The largest absolute Gasteiger partial charge is 0.491 e. The Morgan fingerprint density at radius 1 is 1.50 bits per heavy atom. The second kappa shape index (κ2) is 5.29. The van der Waals surface area contributed by atoms with Crippen LogP contribution in [0.1, 0.15) is 6.92 Å². The molecule has 0 aliphatic carbocycles. The number of hydrogen-bond donors (Lipinski definition) is 1. The van der Waals surface area contributed by atoms with E-state index in [0.29, 0.717) is 30.3 Å². The van der Waals surface area contributed by atoms with Gasteiger partial charge in [0.25, 0.3) is 5.56 Å². The van der Waals surface area contributed by atoms with Gasteiger partial charge in [0.05, 0.1) is 12.8 Å². The van der Waals surface area contributed by atoms with Gasteiger partial charge in [-0.3, -0.25) is 4.79 Å². The van der Waals surface area contributed by atoms with Gasteiger partial charge in [-0.2, -0.15) is 4.73 Å². The third-order valence-electron chi connectivity index (χ3n) is 1.57. The zero-order valence-corrected chi connectivity index (χ0v) is 7.97. The number of nitrogens with zero attached hydrogens (tertiary/aromatic N) is 1. The zero-order chi connectivity index (χ0) is 10.4. The molecule has 1 aromatic heterocycles. The van der Waals surface area contributed by atoms with Crippen molar-refractivity contribution in [3.05, 3.63) is 28.7 Å². The first-order valence-corrected chi connectivity index (χ1v) is 4.36. The Labute approximate surface area is 81.5 Å². The third kappa shape index (κ3) is 3.10. The molecule has 1 heterocycles. The summed E-state index contributed by atoms with van der Waals surface area (Å²) in [5.41, 5.74) is -0.515. The van der Waals surface area contributed by atoms with Gasteiger partial charge < -0.3 is 14.7 Å². The minimum Gasteiger partial charge on any atom is -0.491 e. The fourth-order valence-corrected chi connectivity index (χ4v) is 0.906. The highest BCUT2D eigenvalue weighted by Gasteiger charge is 1.97. The van der Waals surface area contributed by atoms with Crippen LogP contribution in [0, 0.1) is 0 Å². The molecule has 1 aromatic rings. The van der Waals surface area contributed by atoms with Crippen LogP contribution in [-0.4, -0.2) is 29.8 Å². The van der Waals surface area contributed by atoms with E-state index in [0.717, 1.165) is 0 Å². The number of aromatic nitrogens is 1. The van der Waals surface area contributed by atoms with Crippen LogP contribution in [0.15, 0.2) is 23.1 Å². The van der Waals surface area contributed by atoms with E-state index in [1.165, 1.54) is 18.3 Å². The van der Waals surface area contributed by atoms with E-state index < -0.39 is 5.56 Å². The van der Waals surface area contributed by atoms with Crippen molar-refractivity contribution in [1.29, 1.82) is 0 Å². The van der Waals surface area contributed by atoms with Crippen molar-refractivity contribution in [1.82, 2.24) is 4.73 Å². The predicted molar refractivity (Wildman–Crippen MR) is 49.9 cm³/mol. The Morgan fingerprint density at radius 3 is 2.93 bits per heavy atom. The van der Waals surface area contributed by atoms with Crippen LogP contribution in [0.3, 0.4) is 0 Å². The zero-order valence-electron chi connectivity index (χ0n) is 7.97. The first-order chi connectivity index (χ1) is 6.74. The van der Waals surface area contributed by atoms with Crippen molar-refractivity contribution in [2.45, 2.75) is 6.92 Å². The Balaban J connectivity index is 2.44. The fourth-order valence-electron chi connectivity index (χ4n) is 0.906. The normalized spacial score (nSPS) is 10.1. The molecule has 5 nitrogen and oxygen atoms in total. The first kappa shape index (κ1) is 10.6. The lowest BCUT2D eigenvalue weighted by Gasteiger charge is -2.05. The van der Waals surface area contributed by atoms with Crippen LogP contribution >= 0.6 is 0 Å². The SMILES string of the molecule is CCOCCOc1ccn(O)c(=O)c1. The van der Waals surface area contributed by atoms with Crippen molar-refractivity contribution in [2.24, 2.45) is 0 Å². The average Bonchev–Trinajstić information content (AvgIpc) is 2.18.